The Bertz CT molecular complexity index is 610. The Morgan fingerprint density at radius 1 is 0.789 bits per heavy atom. The monoisotopic (exact) mass is 370 g/mol. The third-order valence-corrected chi connectivity index (χ3v) is 6.71. The van der Waals surface area contributed by atoms with E-state index in [2.05, 4.69) is 52.0 Å². The van der Waals surface area contributed by atoms with Gasteiger partial charge in [0.1, 0.15) is 0 Å². The summed E-state index contributed by atoms with van der Waals surface area (Å²) < 4.78 is 2.83. The average Bonchev–Trinajstić information content (AvgIpc) is 2.36. The first-order chi connectivity index (χ1) is 8.90. The van der Waals surface area contributed by atoms with Crippen molar-refractivity contribution < 1.29 is 0 Å². The van der Waals surface area contributed by atoms with Crippen LogP contribution in [0.15, 0.2) is 24.3 Å². The Kier molecular flexibility index (Phi) is 4.08. The first-order valence-electron chi connectivity index (χ1n) is 6.30. The second-order valence-corrected chi connectivity index (χ2v) is 8.18. The normalized spacial score (nSPS) is 10.7. The zero-order valence-electron chi connectivity index (χ0n) is 11.9. The number of hydrogen-bond donors (Lipinski definition) is 2. The Morgan fingerprint density at radius 3 is 1.95 bits per heavy atom. The predicted molar refractivity (Wildman–Crippen MR) is 85.7 cm³/mol. The fraction of sp³-hybridized carbons (Fsp3) is 0.250. The van der Waals surface area contributed by atoms with Crippen LogP contribution in [0.1, 0.15) is 22.3 Å². The second kappa shape index (κ2) is 5.45. The summed E-state index contributed by atoms with van der Waals surface area (Å²) in [4.78, 5) is 0. The molecule has 0 heterocycles. The van der Waals surface area contributed by atoms with Crippen LogP contribution in [0.5, 0.6) is 0 Å². The van der Waals surface area contributed by atoms with E-state index in [1.807, 2.05) is 0 Å². The standard InChI is InChI=1S/C16H20N2Te/c1-9-5-6-14(12(4)16(9)18)19-13-7-10(2)15(17)11(3)8-13/h5-8H,17-18H2,1-4H3. The number of rotatable bonds is 2. The van der Waals surface area contributed by atoms with Gasteiger partial charge in [-0.1, -0.05) is 0 Å². The van der Waals surface area contributed by atoms with Gasteiger partial charge in [0, 0.05) is 0 Å². The van der Waals surface area contributed by atoms with Gasteiger partial charge in [-0.05, 0) is 0 Å². The van der Waals surface area contributed by atoms with Gasteiger partial charge in [0.25, 0.3) is 0 Å². The van der Waals surface area contributed by atoms with Gasteiger partial charge in [0.05, 0.1) is 0 Å². The van der Waals surface area contributed by atoms with Gasteiger partial charge in [-0.15, -0.1) is 0 Å². The molecule has 0 amide bonds. The van der Waals surface area contributed by atoms with Crippen LogP contribution in [-0.2, 0) is 0 Å². The van der Waals surface area contributed by atoms with Crippen LogP contribution in [0.2, 0.25) is 0 Å². The Hall–Kier alpha value is -1.17. The Balaban J connectivity index is 2.39. The van der Waals surface area contributed by atoms with Crippen molar-refractivity contribution in [2.45, 2.75) is 27.7 Å². The van der Waals surface area contributed by atoms with Crippen LogP contribution in [0.25, 0.3) is 0 Å². The first kappa shape index (κ1) is 14.2. The van der Waals surface area contributed by atoms with Gasteiger partial charge in [-0.25, -0.2) is 0 Å². The summed E-state index contributed by atoms with van der Waals surface area (Å²) in [6, 6.07) is 8.80. The van der Waals surface area contributed by atoms with Crippen LogP contribution < -0.4 is 18.7 Å². The van der Waals surface area contributed by atoms with E-state index in [0.29, 0.717) is 0 Å². The molecule has 19 heavy (non-hydrogen) atoms. The third kappa shape index (κ3) is 2.88. The van der Waals surface area contributed by atoms with E-state index in [1.165, 1.54) is 29.5 Å². The molecular formula is C16H20N2Te. The van der Waals surface area contributed by atoms with Gasteiger partial charge in [-0.2, -0.15) is 0 Å². The molecule has 0 aromatic heterocycles. The summed E-state index contributed by atoms with van der Waals surface area (Å²) in [6.07, 6.45) is 0. The molecule has 2 rings (SSSR count). The van der Waals surface area contributed by atoms with E-state index < -0.39 is 20.9 Å². The van der Waals surface area contributed by atoms with Crippen molar-refractivity contribution in [2.24, 2.45) is 0 Å². The Morgan fingerprint density at radius 2 is 1.37 bits per heavy atom. The number of aryl methyl sites for hydroxylation is 3. The molecule has 0 saturated carbocycles. The molecule has 0 aliphatic rings. The molecule has 0 saturated heterocycles. The number of benzene rings is 2. The topological polar surface area (TPSA) is 52.0 Å². The predicted octanol–water partition coefficient (Wildman–Crippen LogP) is 1.74. The minimum atomic E-state index is -0.405. The molecule has 0 bridgehead atoms. The fourth-order valence-corrected chi connectivity index (χ4v) is 5.28. The van der Waals surface area contributed by atoms with Crippen molar-refractivity contribution in [1.29, 1.82) is 0 Å². The molecule has 0 fully saturated rings. The van der Waals surface area contributed by atoms with Crippen LogP contribution in [-0.4, -0.2) is 20.9 Å². The minimum absolute atomic E-state index is 0.405. The van der Waals surface area contributed by atoms with Gasteiger partial charge >= 0.3 is 125 Å². The van der Waals surface area contributed by atoms with E-state index in [4.69, 9.17) is 11.5 Å². The van der Waals surface area contributed by atoms with E-state index in [9.17, 15) is 0 Å². The summed E-state index contributed by atoms with van der Waals surface area (Å²) in [5.74, 6) is 0. The number of anilines is 2. The number of nitrogen functional groups attached to an aromatic ring is 2. The van der Waals surface area contributed by atoms with Crippen molar-refractivity contribution >= 4 is 39.5 Å². The molecule has 2 aromatic rings. The molecule has 2 aromatic carbocycles. The first-order valence-corrected chi connectivity index (χ1v) is 8.63. The molecule has 2 nitrogen and oxygen atoms in total. The molecular weight excluding hydrogens is 348 g/mol. The zero-order chi connectivity index (χ0) is 14.2. The molecule has 4 N–H and O–H groups in total. The van der Waals surface area contributed by atoms with E-state index in [1.54, 1.807) is 0 Å². The third-order valence-electron chi connectivity index (χ3n) is 3.48. The van der Waals surface area contributed by atoms with Crippen molar-refractivity contribution in [3.05, 3.63) is 46.5 Å². The second-order valence-electron chi connectivity index (χ2n) is 4.99. The summed E-state index contributed by atoms with van der Waals surface area (Å²) in [7, 11) is 0. The van der Waals surface area contributed by atoms with Crippen molar-refractivity contribution in [3.63, 3.8) is 0 Å². The molecule has 0 aliphatic carbocycles. The molecule has 0 atom stereocenters. The van der Waals surface area contributed by atoms with Crippen LogP contribution in [0.4, 0.5) is 11.4 Å². The van der Waals surface area contributed by atoms with Crippen LogP contribution in [0, 0.1) is 27.7 Å². The summed E-state index contributed by atoms with van der Waals surface area (Å²) in [5, 5.41) is 0. The van der Waals surface area contributed by atoms with Crippen molar-refractivity contribution in [2.75, 3.05) is 11.5 Å². The molecule has 100 valence electrons. The molecule has 0 spiro atoms. The van der Waals surface area contributed by atoms with Gasteiger partial charge in [-0.3, -0.25) is 0 Å². The van der Waals surface area contributed by atoms with E-state index in [0.717, 1.165) is 11.4 Å². The van der Waals surface area contributed by atoms with E-state index in [-0.39, 0.29) is 0 Å². The van der Waals surface area contributed by atoms with Crippen LogP contribution >= 0.6 is 0 Å². The van der Waals surface area contributed by atoms with Crippen LogP contribution in [0.3, 0.4) is 0 Å². The van der Waals surface area contributed by atoms with Crippen molar-refractivity contribution in [1.82, 2.24) is 0 Å². The summed E-state index contributed by atoms with van der Waals surface area (Å²) in [6.45, 7) is 8.34. The molecule has 0 unspecified atom stereocenters. The van der Waals surface area contributed by atoms with Gasteiger partial charge in [0.15, 0.2) is 0 Å². The summed E-state index contributed by atoms with van der Waals surface area (Å²) >= 11 is -0.405. The number of hydrogen-bond acceptors (Lipinski definition) is 2. The summed E-state index contributed by atoms with van der Waals surface area (Å²) in [5.41, 5.74) is 18.8. The maximum absolute atomic E-state index is 6.12. The Labute approximate surface area is 125 Å². The van der Waals surface area contributed by atoms with Crippen molar-refractivity contribution in [3.8, 4) is 0 Å². The maximum atomic E-state index is 6.12. The molecule has 3 heteroatoms. The fourth-order valence-electron chi connectivity index (χ4n) is 2.08. The zero-order valence-corrected chi connectivity index (χ0v) is 14.2. The SMILES string of the molecule is Cc1cc([Te]c2ccc(C)c(N)c2C)cc(C)c1N. The number of nitrogens with two attached hydrogens (primary N) is 2. The molecule has 0 aliphatic heterocycles. The quantitative estimate of drug-likeness (QED) is 0.627. The van der Waals surface area contributed by atoms with E-state index >= 15 is 0 Å². The van der Waals surface area contributed by atoms with Gasteiger partial charge < -0.3 is 0 Å². The molecule has 0 radical (unpaired) electrons. The van der Waals surface area contributed by atoms with Gasteiger partial charge in [0.2, 0.25) is 0 Å². The average molecular weight is 368 g/mol.